The van der Waals surface area contributed by atoms with Crippen LogP contribution in [-0.2, 0) is 11.2 Å². The van der Waals surface area contributed by atoms with E-state index in [1.807, 2.05) is 53.7 Å². The van der Waals surface area contributed by atoms with E-state index in [-0.39, 0.29) is 56.1 Å². The number of hydrogen-bond acceptors (Lipinski definition) is 11. The molecule has 9 rings (SSSR count). The summed E-state index contributed by atoms with van der Waals surface area (Å²) in [6.07, 6.45) is 14.0. The molecular weight excluding hydrogens is 765 g/mol. The van der Waals surface area contributed by atoms with Gasteiger partial charge in [0, 0.05) is 54.7 Å². The van der Waals surface area contributed by atoms with E-state index in [0.29, 0.717) is 76.4 Å². The van der Waals surface area contributed by atoms with Gasteiger partial charge in [-0.15, -0.1) is 0 Å². The summed E-state index contributed by atoms with van der Waals surface area (Å²) >= 11 is 0. The van der Waals surface area contributed by atoms with Crippen LogP contribution < -0.4 is 23.8 Å². The van der Waals surface area contributed by atoms with Crippen molar-refractivity contribution in [3.8, 4) is 23.0 Å². The number of benzene rings is 3. The van der Waals surface area contributed by atoms with Gasteiger partial charge in [-0.2, -0.15) is 0 Å². The molecule has 13 heteroatoms. The van der Waals surface area contributed by atoms with Gasteiger partial charge in [-0.3, -0.25) is 29.4 Å². The zero-order valence-electron chi connectivity index (χ0n) is 33.9. The second kappa shape index (κ2) is 16.5. The van der Waals surface area contributed by atoms with Crippen LogP contribution in [0.15, 0.2) is 105 Å². The number of nitrogens with zero attached hydrogens (tertiary/aromatic N) is 4. The molecule has 60 heavy (non-hydrogen) atoms. The van der Waals surface area contributed by atoms with Crippen molar-refractivity contribution in [2.75, 3.05) is 38.9 Å². The highest BCUT2D eigenvalue weighted by Gasteiger charge is 2.40. The highest BCUT2D eigenvalue weighted by atomic mass is 16.5. The quantitative estimate of drug-likeness (QED) is 0.135. The van der Waals surface area contributed by atoms with E-state index in [2.05, 4.69) is 19.1 Å². The molecule has 0 spiro atoms. The van der Waals surface area contributed by atoms with E-state index in [0.717, 1.165) is 35.4 Å². The summed E-state index contributed by atoms with van der Waals surface area (Å²) in [6, 6.07) is 14.5. The van der Waals surface area contributed by atoms with Crippen LogP contribution in [-0.4, -0.2) is 91.8 Å². The van der Waals surface area contributed by atoms with Gasteiger partial charge >= 0.3 is 0 Å². The number of aliphatic hydroxyl groups excluding tert-OH is 1. The van der Waals surface area contributed by atoms with Gasteiger partial charge in [0.25, 0.3) is 11.8 Å². The number of ether oxygens (including phenoxy) is 5. The van der Waals surface area contributed by atoms with Gasteiger partial charge in [0.05, 0.1) is 62.0 Å². The number of carbonyl (C=O) groups excluding carboxylic acids is 2. The van der Waals surface area contributed by atoms with Gasteiger partial charge in [0.2, 0.25) is 0 Å². The van der Waals surface area contributed by atoms with Crippen LogP contribution in [0.1, 0.15) is 65.3 Å². The summed E-state index contributed by atoms with van der Waals surface area (Å²) in [7, 11) is 3.10. The lowest BCUT2D eigenvalue weighted by Crippen LogP contribution is -2.37. The van der Waals surface area contributed by atoms with Crippen molar-refractivity contribution in [2.24, 2.45) is 21.8 Å². The van der Waals surface area contributed by atoms with E-state index in [1.54, 1.807) is 43.4 Å². The number of aliphatic hydroxyl groups is 2. The number of fused-ring (bicyclic) bond motifs is 7. The minimum Gasteiger partial charge on any atom is -0.494 e. The predicted molar refractivity (Wildman–Crippen MR) is 226 cm³/mol. The number of amides is 2. The lowest BCUT2D eigenvalue weighted by atomic mass is 9.90. The number of aliphatic imine (C=N–C) groups is 2. The number of carbonyl (C=O) groups is 2. The highest BCUT2D eigenvalue weighted by molar-refractivity contribution is 6.14. The Morgan fingerprint density at radius 2 is 1.50 bits per heavy atom. The van der Waals surface area contributed by atoms with E-state index in [4.69, 9.17) is 33.7 Å². The fourth-order valence-electron chi connectivity index (χ4n) is 8.94. The van der Waals surface area contributed by atoms with Crippen LogP contribution in [0.25, 0.3) is 0 Å². The molecule has 0 radical (unpaired) electrons. The van der Waals surface area contributed by atoms with Gasteiger partial charge in [0.15, 0.2) is 29.3 Å². The molecule has 0 bridgehead atoms. The molecular formula is C47H48N4O9. The van der Waals surface area contributed by atoms with E-state index in [1.165, 1.54) is 5.57 Å². The molecule has 3 aromatic carbocycles. The molecule has 2 unspecified atom stereocenters. The number of para-hydroxylation sites is 1. The Morgan fingerprint density at radius 1 is 0.817 bits per heavy atom. The SMILES string of the molecule is COc1cc2c(cc1OCC1=CC(OCCCC(O)O)=CC(COc3cc4c(cc3OC)C(=O)N3C5=C(C[C@H]3C=N4)C(C)CC=C5)C1)N=C[C@@H]1Cc3ccccc3N1C2=O. The van der Waals surface area contributed by atoms with Gasteiger partial charge < -0.3 is 33.9 Å². The standard InChI is InChI=1S/C47H48N4O9/c1-27-8-6-11-40-34(27)18-32-24-49-38-22-44(42(57-3)20-36(38)47(55)51(32)40)60-26-29-14-28(15-33(16-29)58-13-7-12-45(52)53)25-59-43-21-37-35(19-41(43)56-2)46(54)50-31(23-48-37)17-30-9-4-5-10-39(30)50/h4-6,9-11,15-16,19-24,27,29,31-32,45,52-53H,7-8,12-14,17-18,25-26H2,1-3H3/t27?,29?,31-,32-/m0/s1. The molecule has 2 N–H and O–H groups in total. The van der Waals surface area contributed by atoms with Crippen molar-refractivity contribution < 1.29 is 43.5 Å². The zero-order chi connectivity index (χ0) is 41.5. The number of hydrogen-bond donors (Lipinski definition) is 2. The first-order valence-electron chi connectivity index (χ1n) is 20.5. The smallest absolute Gasteiger partial charge is 0.261 e. The third kappa shape index (κ3) is 7.47. The Hall–Kier alpha value is -6.18. The molecule has 0 aromatic heterocycles. The molecule has 4 aliphatic heterocycles. The average molecular weight is 813 g/mol. The molecule has 2 amide bonds. The largest absolute Gasteiger partial charge is 0.494 e. The van der Waals surface area contributed by atoms with Gasteiger partial charge in [-0.05, 0) is 84.7 Å². The summed E-state index contributed by atoms with van der Waals surface area (Å²) in [4.78, 5) is 41.2. The molecule has 2 aliphatic carbocycles. The van der Waals surface area contributed by atoms with Crippen LogP contribution in [0, 0.1) is 11.8 Å². The maximum Gasteiger partial charge on any atom is 0.261 e. The summed E-state index contributed by atoms with van der Waals surface area (Å²) in [5.41, 5.74) is 7.09. The Morgan fingerprint density at radius 3 is 2.22 bits per heavy atom. The lowest BCUT2D eigenvalue weighted by Gasteiger charge is -2.25. The highest BCUT2D eigenvalue weighted by Crippen LogP contribution is 2.45. The molecule has 3 aromatic rings. The van der Waals surface area contributed by atoms with Crippen molar-refractivity contribution in [1.82, 2.24) is 4.90 Å². The summed E-state index contributed by atoms with van der Waals surface area (Å²) < 4.78 is 30.5. The summed E-state index contributed by atoms with van der Waals surface area (Å²) in [5.74, 6) is 2.32. The summed E-state index contributed by atoms with van der Waals surface area (Å²) in [5, 5.41) is 18.7. The summed E-state index contributed by atoms with van der Waals surface area (Å²) in [6.45, 7) is 2.92. The molecule has 13 nitrogen and oxygen atoms in total. The monoisotopic (exact) mass is 812 g/mol. The Balaban J connectivity index is 0.921. The molecule has 0 saturated heterocycles. The minimum absolute atomic E-state index is 0.114. The predicted octanol–water partition coefficient (Wildman–Crippen LogP) is 7.17. The normalized spacial score (nSPS) is 22.2. The fraction of sp³-hybridized carbons (Fsp3) is 0.362. The first kappa shape index (κ1) is 39.3. The maximum atomic E-state index is 14.1. The topological polar surface area (TPSA) is 152 Å². The van der Waals surface area contributed by atoms with Crippen molar-refractivity contribution in [3.05, 3.63) is 112 Å². The Kier molecular flexibility index (Phi) is 10.8. The van der Waals surface area contributed by atoms with Crippen LogP contribution in [0.4, 0.5) is 17.1 Å². The molecule has 0 saturated carbocycles. The van der Waals surface area contributed by atoms with Crippen molar-refractivity contribution in [1.29, 1.82) is 0 Å². The second-order valence-electron chi connectivity index (χ2n) is 16.0. The molecule has 310 valence electrons. The third-order valence-corrected chi connectivity index (χ3v) is 12.0. The second-order valence-corrected chi connectivity index (χ2v) is 16.0. The lowest BCUT2D eigenvalue weighted by molar-refractivity contribution is -0.0490. The first-order chi connectivity index (χ1) is 29.2. The molecule has 6 aliphatic rings. The van der Waals surface area contributed by atoms with Crippen LogP contribution in [0.5, 0.6) is 23.0 Å². The minimum atomic E-state index is -1.41. The molecule has 4 heterocycles. The van der Waals surface area contributed by atoms with Gasteiger partial charge in [0.1, 0.15) is 12.4 Å². The maximum absolute atomic E-state index is 14.1. The number of rotatable bonds is 13. The van der Waals surface area contributed by atoms with E-state index in [9.17, 15) is 19.8 Å². The number of allylic oxidation sites excluding steroid dienone is 3. The van der Waals surface area contributed by atoms with Crippen molar-refractivity contribution >= 4 is 41.3 Å². The average Bonchev–Trinajstić information content (AvgIpc) is 3.75. The fourth-order valence-corrected chi connectivity index (χ4v) is 8.94. The third-order valence-electron chi connectivity index (χ3n) is 12.0. The van der Waals surface area contributed by atoms with E-state index >= 15 is 0 Å². The van der Waals surface area contributed by atoms with Crippen LogP contribution >= 0.6 is 0 Å². The number of methoxy groups -OCH3 is 2. The van der Waals surface area contributed by atoms with Gasteiger partial charge in [-0.25, -0.2) is 0 Å². The first-order valence-corrected chi connectivity index (χ1v) is 20.5. The zero-order valence-corrected chi connectivity index (χ0v) is 33.9. The van der Waals surface area contributed by atoms with Crippen molar-refractivity contribution in [2.45, 2.75) is 63.8 Å². The van der Waals surface area contributed by atoms with E-state index < -0.39 is 6.29 Å². The van der Waals surface area contributed by atoms with Crippen LogP contribution in [0.3, 0.4) is 0 Å². The van der Waals surface area contributed by atoms with Gasteiger partial charge in [-0.1, -0.05) is 31.2 Å². The Labute approximate surface area is 348 Å². The number of anilines is 1. The van der Waals surface area contributed by atoms with Crippen LogP contribution in [0.2, 0.25) is 0 Å². The molecule has 0 fully saturated rings. The molecule has 4 atom stereocenters. The Bertz CT molecular complexity index is 2410. The van der Waals surface area contributed by atoms with Crippen molar-refractivity contribution in [3.63, 3.8) is 0 Å².